The molecule has 0 saturated carbocycles. The largest absolute Gasteiger partial charge is 0.376 e. The molecular weight excluding hydrogens is 296 g/mol. The molecule has 0 aromatic carbocycles. The van der Waals surface area contributed by atoms with Crippen LogP contribution in [0.15, 0.2) is 4.52 Å². The Balaban J connectivity index is 5.40. The standard InChI is InChI=1S/C9H23NO5P2S/c1-6-12-16(11,18-5)10-17(13-7-2,14-8-3)15-9-4/h6-9H2,1-5H3. The summed E-state index contributed by atoms with van der Waals surface area (Å²) in [5.41, 5.74) is 0. The van der Waals surface area contributed by atoms with Gasteiger partial charge >= 0.3 is 14.5 Å². The topological polar surface area (TPSA) is 66.4 Å². The number of rotatable bonds is 10. The van der Waals surface area contributed by atoms with E-state index in [1.54, 1.807) is 13.2 Å². The van der Waals surface area contributed by atoms with Crippen molar-refractivity contribution in [1.82, 2.24) is 0 Å². The lowest BCUT2D eigenvalue weighted by Gasteiger charge is -2.23. The van der Waals surface area contributed by atoms with Crippen LogP contribution in [0.2, 0.25) is 0 Å². The van der Waals surface area contributed by atoms with Gasteiger partial charge in [0, 0.05) is 0 Å². The molecule has 0 rings (SSSR count). The van der Waals surface area contributed by atoms with Crippen LogP contribution in [-0.2, 0) is 22.7 Å². The molecule has 1 unspecified atom stereocenters. The van der Waals surface area contributed by atoms with E-state index < -0.39 is 14.5 Å². The van der Waals surface area contributed by atoms with Gasteiger partial charge in [-0.25, -0.2) is 0 Å². The maximum Gasteiger partial charge on any atom is 0.376 e. The molecule has 0 aliphatic rings. The van der Waals surface area contributed by atoms with E-state index >= 15 is 0 Å². The highest BCUT2D eigenvalue weighted by Gasteiger charge is 2.31. The Bertz CT molecular complexity index is 302. The van der Waals surface area contributed by atoms with Crippen LogP contribution in [0.4, 0.5) is 0 Å². The van der Waals surface area contributed by atoms with Crippen molar-refractivity contribution < 1.29 is 22.7 Å². The zero-order valence-electron chi connectivity index (χ0n) is 11.6. The molecule has 0 aliphatic carbocycles. The second-order valence-corrected chi connectivity index (χ2v) is 9.35. The molecule has 0 radical (unpaired) electrons. The van der Waals surface area contributed by atoms with Crippen molar-refractivity contribution in [2.45, 2.75) is 27.7 Å². The van der Waals surface area contributed by atoms with Crippen LogP contribution in [-0.4, -0.2) is 32.7 Å². The third-order valence-corrected chi connectivity index (χ3v) is 8.53. The first-order chi connectivity index (χ1) is 8.51. The van der Waals surface area contributed by atoms with Crippen molar-refractivity contribution in [2.75, 3.05) is 32.7 Å². The Hall–Kier alpha value is 0.650. The molecule has 6 nitrogen and oxygen atoms in total. The van der Waals surface area contributed by atoms with Crippen molar-refractivity contribution in [1.29, 1.82) is 0 Å². The summed E-state index contributed by atoms with van der Waals surface area (Å²) in [5, 5.41) is 0. The van der Waals surface area contributed by atoms with Crippen molar-refractivity contribution >= 4 is 25.8 Å². The van der Waals surface area contributed by atoms with E-state index in [0.717, 1.165) is 11.4 Å². The minimum absolute atomic E-state index is 0.312. The first-order valence-electron chi connectivity index (χ1n) is 5.89. The van der Waals surface area contributed by atoms with Gasteiger partial charge in [0.2, 0.25) is 0 Å². The van der Waals surface area contributed by atoms with Crippen molar-refractivity contribution in [3.05, 3.63) is 0 Å². The van der Waals surface area contributed by atoms with E-state index in [4.69, 9.17) is 18.1 Å². The van der Waals surface area contributed by atoms with Gasteiger partial charge in [-0.2, -0.15) is 0 Å². The molecule has 110 valence electrons. The number of nitrogens with zero attached hydrogens (tertiary/aromatic N) is 1. The third kappa shape index (κ3) is 6.20. The van der Waals surface area contributed by atoms with Gasteiger partial charge in [0.15, 0.2) is 0 Å². The van der Waals surface area contributed by atoms with E-state index in [9.17, 15) is 4.57 Å². The summed E-state index contributed by atoms with van der Waals surface area (Å²) >= 11 is 1.06. The fourth-order valence-corrected chi connectivity index (χ4v) is 7.01. The molecule has 0 amide bonds. The van der Waals surface area contributed by atoms with E-state index in [1.807, 2.05) is 20.8 Å². The first kappa shape index (κ1) is 18.7. The molecule has 0 aromatic rings. The van der Waals surface area contributed by atoms with Crippen LogP contribution >= 0.6 is 25.8 Å². The van der Waals surface area contributed by atoms with Crippen molar-refractivity contribution in [3.8, 4) is 0 Å². The first-order valence-corrected chi connectivity index (χ1v) is 10.8. The SMILES string of the molecule is CCOP(=O)(N=P(OCC)(OCC)OCC)SC. The molecule has 0 aliphatic heterocycles. The predicted molar refractivity (Wildman–Crippen MR) is 77.0 cm³/mol. The minimum Gasteiger partial charge on any atom is -0.305 e. The zero-order valence-corrected chi connectivity index (χ0v) is 14.2. The van der Waals surface area contributed by atoms with Crippen LogP contribution in [0.5, 0.6) is 0 Å². The Kier molecular flexibility index (Phi) is 9.88. The van der Waals surface area contributed by atoms with Gasteiger partial charge in [-0.1, -0.05) is 0 Å². The molecule has 0 N–H and O–H groups in total. The van der Waals surface area contributed by atoms with E-state index in [0.29, 0.717) is 26.4 Å². The lowest BCUT2D eigenvalue weighted by molar-refractivity contribution is 0.163. The lowest BCUT2D eigenvalue weighted by atomic mass is 10.9. The summed E-state index contributed by atoms with van der Waals surface area (Å²) < 4.78 is 38.2. The maximum atomic E-state index is 12.4. The lowest BCUT2D eigenvalue weighted by Crippen LogP contribution is -2.01. The summed E-state index contributed by atoms with van der Waals surface area (Å²) in [6.07, 6.45) is 1.68. The molecule has 18 heavy (non-hydrogen) atoms. The van der Waals surface area contributed by atoms with Crippen LogP contribution in [0.3, 0.4) is 0 Å². The van der Waals surface area contributed by atoms with Gasteiger partial charge in [-0.05, 0) is 45.3 Å². The Morgan fingerprint density at radius 1 is 0.889 bits per heavy atom. The molecule has 0 spiro atoms. The Morgan fingerprint density at radius 2 is 1.28 bits per heavy atom. The van der Waals surface area contributed by atoms with Crippen LogP contribution in [0, 0.1) is 0 Å². The highest BCUT2D eigenvalue weighted by Crippen LogP contribution is 2.69. The highest BCUT2D eigenvalue weighted by atomic mass is 32.7. The monoisotopic (exact) mass is 319 g/mol. The Labute approximate surface area is 114 Å². The summed E-state index contributed by atoms with van der Waals surface area (Å²) in [7, 11) is -2.95. The fraction of sp³-hybridized carbons (Fsp3) is 1.00. The average Bonchev–Trinajstić information content (AvgIpc) is 2.30. The van der Waals surface area contributed by atoms with Crippen LogP contribution in [0.1, 0.15) is 27.7 Å². The van der Waals surface area contributed by atoms with Crippen molar-refractivity contribution in [3.63, 3.8) is 0 Å². The quantitative estimate of drug-likeness (QED) is 0.550. The normalized spacial score (nSPS) is 15.4. The van der Waals surface area contributed by atoms with Gasteiger partial charge in [0.25, 0.3) is 0 Å². The van der Waals surface area contributed by atoms with Crippen LogP contribution in [0.25, 0.3) is 0 Å². The smallest absolute Gasteiger partial charge is 0.305 e. The minimum atomic E-state index is -3.19. The molecule has 0 heterocycles. The van der Waals surface area contributed by atoms with E-state index in [-0.39, 0.29) is 0 Å². The molecule has 0 saturated heterocycles. The van der Waals surface area contributed by atoms with Gasteiger partial charge in [-0.15, -0.1) is 4.52 Å². The zero-order chi connectivity index (χ0) is 14.1. The van der Waals surface area contributed by atoms with Gasteiger partial charge in [-0.3, -0.25) is 4.57 Å². The molecular formula is C9H23NO5P2S. The van der Waals surface area contributed by atoms with Gasteiger partial charge in [0.05, 0.1) is 26.4 Å². The van der Waals surface area contributed by atoms with Gasteiger partial charge < -0.3 is 18.1 Å². The van der Waals surface area contributed by atoms with Gasteiger partial charge in [0.1, 0.15) is 0 Å². The predicted octanol–water partition coefficient (Wildman–Crippen LogP) is 4.55. The molecule has 0 aromatic heterocycles. The Morgan fingerprint density at radius 3 is 1.56 bits per heavy atom. The second kappa shape index (κ2) is 9.54. The molecule has 0 fully saturated rings. The number of hydrogen-bond acceptors (Lipinski definition) is 6. The summed E-state index contributed by atoms with van der Waals surface area (Å²) in [5.74, 6) is 0. The highest BCUT2D eigenvalue weighted by molar-refractivity contribution is 8.56. The van der Waals surface area contributed by atoms with E-state index in [1.165, 1.54) is 0 Å². The third-order valence-electron chi connectivity index (χ3n) is 1.62. The average molecular weight is 319 g/mol. The number of hydrogen-bond donors (Lipinski definition) is 0. The summed E-state index contributed by atoms with van der Waals surface area (Å²) in [4.78, 5) is 0. The molecule has 1 atom stereocenters. The summed E-state index contributed by atoms with van der Waals surface area (Å²) in [6, 6.07) is 0. The maximum absolute atomic E-state index is 12.4. The van der Waals surface area contributed by atoms with Crippen LogP contribution < -0.4 is 0 Å². The second-order valence-electron chi connectivity index (χ2n) is 2.88. The fourth-order valence-electron chi connectivity index (χ4n) is 1.09. The summed E-state index contributed by atoms with van der Waals surface area (Å²) in [6.45, 7) is 5.44. The molecule has 0 bridgehead atoms. The molecule has 9 heteroatoms. The van der Waals surface area contributed by atoms with Crippen molar-refractivity contribution in [2.24, 2.45) is 4.52 Å². The van der Waals surface area contributed by atoms with E-state index in [2.05, 4.69) is 4.52 Å².